The maximum atomic E-state index is 13.2. The van der Waals surface area contributed by atoms with Crippen molar-refractivity contribution in [3.63, 3.8) is 0 Å². The third kappa shape index (κ3) is 3.94. The fourth-order valence-electron chi connectivity index (χ4n) is 2.87. The van der Waals surface area contributed by atoms with Gasteiger partial charge in [-0.3, -0.25) is 4.79 Å². The Bertz CT molecular complexity index is 1080. The largest absolute Gasteiger partial charge is 0.507 e. The molecule has 2 heterocycles. The number of fused-ring (bicyclic) bond motifs is 1. The number of nitrogens with one attached hydrogen (secondary N) is 2. The van der Waals surface area contributed by atoms with Crippen molar-refractivity contribution in [2.75, 3.05) is 11.1 Å². The molecular formula is C18H20N6O4S. The summed E-state index contributed by atoms with van der Waals surface area (Å²) in [5.74, 6) is -1.93. The van der Waals surface area contributed by atoms with E-state index in [2.05, 4.69) is 25.3 Å². The maximum absolute atomic E-state index is 13.2. The Morgan fingerprint density at radius 1 is 1.28 bits per heavy atom. The van der Waals surface area contributed by atoms with Gasteiger partial charge in [-0.2, -0.15) is 4.98 Å². The molecule has 0 saturated heterocycles. The van der Waals surface area contributed by atoms with Crippen LogP contribution in [-0.2, 0) is 4.79 Å². The second kappa shape index (κ2) is 7.95. The maximum Gasteiger partial charge on any atom is 0.339 e. The van der Waals surface area contributed by atoms with Crippen LogP contribution in [-0.4, -0.2) is 46.8 Å². The number of carbonyl (C=O) groups excluding carboxylic acids is 1. The van der Waals surface area contributed by atoms with Gasteiger partial charge in [0.2, 0.25) is 11.9 Å². The lowest BCUT2D eigenvalue weighted by Crippen LogP contribution is -2.39. The molecule has 1 aromatic carbocycles. The molecule has 152 valence electrons. The van der Waals surface area contributed by atoms with Gasteiger partial charge in [0.25, 0.3) is 0 Å². The van der Waals surface area contributed by atoms with Crippen LogP contribution in [0.3, 0.4) is 0 Å². The van der Waals surface area contributed by atoms with E-state index in [0.29, 0.717) is 29.0 Å². The van der Waals surface area contributed by atoms with E-state index in [1.54, 1.807) is 0 Å². The van der Waals surface area contributed by atoms with E-state index in [1.807, 2.05) is 13.8 Å². The first-order valence-electron chi connectivity index (χ1n) is 8.83. The van der Waals surface area contributed by atoms with Gasteiger partial charge in [-0.15, -0.1) is 0 Å². The third-order valence-electron chi connectivity index (χ3n) is 4.60. The van der Waals surface area contributed by atoms with Crippen molar-refractivity contribution in [2.24, 2.45) is 0 Å². The smallest absolute Gasteiger partial charge is 0.339 e. The number of carboxylic acid groups (broad SMARTS) is 1. The average molecular weight is 416 g/mol. The fraction of sp³-hybridized carbons (Fsp3) is 0.278. The number of hydrogen-bond donors (Lipinski definition) is 5. The zero-order valence-corrected chi connectivity index (χ0v) is 16.6. The molecule has 3 rings (SSSR count). The standard InChI is InChI=1S/C18H20N6O4S/c1-3-18(4-2,29-14-12-13(21-8-20-12)23-17(19)24-14)16(28)22-9-5-6-11(25)10(7-9)15(26)27/h5-8,25H,3-4H2,1-2H3,(H,22,28)(H,26,27)(H3,19,20,21,23,24). The number of aromatic carboxylic acids is 1. The van der Waals surface area contributed by atoms with Crippen molar-refractivity contribution in [2.45, 2.75) is 36.5 Å². The molecule has 0 bridgehead atoms. The summed E-state index contributed by atoms with van der Waals surface area (Å²) >= 11 is 1.25. The number of carbonyl (C=O) groups is 2. The van der Waals surface area contributed by atoms with Gasteiger partial charge in [-0.1, -0.05) is 25.6 Å². The molecule has 11 heteroatoms. The number of hydrogen-bond acceptors (Lipinski definition) is 8. The number of aromatic amines is 1. The van der Waals surface area contributed by atoms with Crippen molar-refractivity contribution in [3.05, 3.63) is 30.1 Å². The molecule has 0 saturated carbocycles. The minimum absolute atomic E-state index is 0.0539. The van der Waals surface area contributed by atoms with E-state index in [0.717, 1.165) is 0 Å². The second-order valence-corrected chi connectivity index (χ2v) is 7.66. The molecule has 1 amide bonds. The van der Waals surface area contributed by atoms with Crippen LogP contribution in [0.2, 0.25) is 0 Å². The quantitative estimate of drug-likeness (QED) is 0.221. The molecule has 0 aliphatic carbocycles. The number of carboxylic acids is 1. The SMILES string of the molecule is CCC(CC)(Sc1nc(N)nc2nc[nH]c12)C(=O)Nc1ccc(O)c(C(=O)O)c1. The highest BCUT2D eigenvalue weighted by Crippen LogP contribution is 2.41. The normalized spacial score (nSPS) is 11.5. The summed E-state index contributed by atoms with van der Waals surface area (Å²) in [6.45, 7) is 3.76. The minimum atomic E-state index is -1.29. The fourth-order valence-corrected chi connectivity index (χ4v) is 4.07. The van der Waals surface area contributed by atoms with Crippen LogP contribution in [0.5, 0.6) is 5.75 Å². The number of nitrogen functional groups attached to an aromatic ring is 1. The zero-order valence-electron chi connectivity index (χ0n) is 15.8. The minimum Gasteiger partial charge on any atom is -0.507 e. The first kappa shape index (κ1) is 20.4. The Balaban J connectivity index is 1.94. The molecule has 0 fully saturated rings. The monoisotopic (exact) mass is 416 g/mol. The number of aromatic nitrogens is 4. The molecule has 6 N–H and O–H groups in total. The van der Waals surface area contributed by atoms with Gasteiger partial charge < -0.3 is 26.2 Å². The highest BCUT2D eigenvalue weighted by molar-refractivity contribution is 8.01. The zero-order chi connectivity index (χ0) is 21.2. The lowest BCUT2D eigenvalue weighted by atomic mass is 10.0. The van der Waals surface area contributed by atoms with Crippen LogP contribution >= 0.6 is 11.8 Å². The van der Waals surface area contributed by atoms with E-state index < -0.39 is 10.7 Å². The molecule has 29 heavy (non-hydrogen) atoms. The predicted octanol–water partition coefficient (Wildman–Crippen LogP) is 2.63. The van der Waals surface area contributed by atoms with Crippen LogP contribution in [0.15, 0.2) is 29.6 Å². The number of imidazole rings is 1. The average Bonchev–Trinajstić information content (AvgIpc) is 3.15. The number of benzene rings is 1. The molecular weight excluding hydrogens is 396 g/mol. The van der Waals surface area contributed by atoms with Crippen LogP contribution < -0.4 is 11.1 Å². The number of phenols is 1. The van der Waals surface area contributed by atoms with Gasteiger partial charge in [0.15, 0.2) is 5.65 Å². The summed E-state index contributed by atoms with van der Waals surface area (Å²) in [7, 11) is 0. The molecule has 0 aliphatic heterocycles. The molecule has 2 aromatic heterocycles. The van der Waals surface area contributed by atoms with Crippen molar-refractivity contribution in [1.82, 2.24) is 19.9 Å². The summed E-state index contributed by atoms with van der Waals surface area (Å²) < 4.78 is -0.903. The summed E-state index contributed by atoms with van der Waals surface area (Å²) in [6.07, 6.45) is 2.43. The summed E-state index contributed by atoms with van der Waals surface area (Å²) in [6, 6.07) is 3.88. The van der Waals surface area contributed by atoms with Crippen LogP contribution in [0.25, 0.3) is 11.2 Å². The van der Waals surface area contributed by atoms with Crippen LogP contribution in [0.4, 0.5) is 11.6 Å². The van der Waals surface area contributed by atoms with Crippen molar-refractivity contribution >= 4 is 46.4 Å². The molecule has 3 aromatic rings. The van der Waals surface area contributed by atoms with Gasteiger partial charge >= 0.3 is 5.97 Å². The van der Waals surface area contributed by atoms with Gasteiger partial charge in [0.1, 0.15) is 26.6 Å². The summed E-state index contributed by atoms with van der Waals surface area (Å²) in [4.78, 5) is 39.8. The second-order valence-electron chi connectivity index (χ2n) is 6.28. The predicted molar refractivity (Wildman–Crippen MR) is 109 cm³/mol. The number of rotatable bonds is 7. The lowest BCUT2D eigenvalue weighted by molar-refractivity contribution is -0.118. The first-order valence-corrected chi connectivity index (χ1v) is 9.64. The Hall–Kier alpha value is -3.34. The summed E-state index contributed by atoms with van der Waals surface area (Å²) in [5.41, 5.74) is 6.74. The van der Waals surface area contributed by atoms with Crippen molar-refractivity contribution in [3.8, 4) is 5.75 Å². The Kier molecular flexibility index (Phi) is 5.59. The van der Waals surface area contributed by atoms with E-state index in [9.17, 15) is 14.7 Å². The molecule has 0 unspecified atom stereocenters. The lowest BCUT2D eigenvalue weighted by Gasteiger charge is -2.29. The number of nitrogens with zero attached hydrogens (tertiary/aromatic N) is 3. The number of aromatic hydroxyl groups is 1. The van der Waals surface area contributed by atoms with E-state index in [4.69, 9.17) is 10.8 Å². The number of nitrogens with two attached hydrogens (primary N) is 1. The van der Waals surface area contributed by atoms with Gasteiger partial charge in [-0.05, 0) is 31.0 Å². The summed E-state index contributed by atoms with van der Waals surface area (Å²) in [5, 5.41) is 22.1. The topological polar surface area (TPSA) is 167 Å². The first-order chi connectivity index (χ1) is 13.8. The molecule has 0 radical (unpaired) electrons. The molecule has 0 aliphatic rings. The molecule has 0 spiro atoms. The number of amides is 1. The Morgan fingerprint density at radius 3 is 2.66 bits per heavy atom. The van der Waals surface area contributed by atoms with Crippen LogP contribution in [0, 0.1) is 0 Å². The highest BCUT2D eigenvalue weighted by atomic mass is 32.2. The van der Waals surface area contributed by atoms with E-state index in [-0.39, 0.29) is 28.9 Å². The highest BCUT2D eigenvalue weighted by Gasteiger charge is 2.38. The van der Waals surface area contributed by atoms with Gasteiger partial charge in [0.05, 0.1) is 6.33 Å². The van der Waals surface area contributed by atoms with E-state index >= 15 is 0 Å². The van der Waals surface area contributed by atoms with Crippen LogP contribution in [0.1, 0.15) is 37.0 Å². The Morgan fingerprint density at radius 2 is 2.00 bits per heavy atom. The van der Waals surface area contributed by atoms with Crippen molar-refractivity contribution in [1.29, 1.82) is 0 Å². The van der Waals surface area contributed by atoms with Gasteiger partial charge in [-0.25, -0.2) is 14.8 Å². The third-order valence-corrected chi connectivity index (χ3v) is 6.24. The molecule has 0 atom stereocenters. The Labute approximate surface area is 170 Å². The number of anilines is 2. The molecule has 10 nitrogen and oxygen atoms in total. The van der Waals surface area contributed by atoms with E-state index in [1.165, 1.54) is 36.3 Å². The number of thioether (sulfide) groups is 1. The van der Waals surface area contributed by atoms with Gasteiger partial charge in [0, 0.05) is 5.69 Å². The number of H-pyrrole nitrogens is 1. The van der Waals surface area contributed by atoms with Crippen molar-refractivity contribution < 1.29 is 19.8 Å².